The number of allylic oxidation sites excluding steroid dienone is 1. The van der Waals surface area contributed by atoms with E-state index >= 15 is 0 Å². The molecule has 2 aliphatic rings. The molecule has 2 unspecified atom stereocenters. The van der Waals surface area contributed by atoms with Crippen molar-refractivity contribution in [2.75, 3.05) is 0 Å². The molecule has 1 aromatic carbocycles. The molecule has 1 fully saturated rings. The van der Waals surface area contributed by atoms with Gasteiger partial charge in [-0.05, 0) is 17.0 Å². The van der Waals surface area contributed by atoms with Gasteiger partial charge in [0, 0.05) is 32.7 Å². The van der Waals surface area contributed by atoms with Crippen molar-refractivity contribution in [3.05, 3.63) is 47.9 Å². The van der Waals surface area contributed by atoms with Crippen LogP contribution < -0.4 is 0 Å². The van der Waals surface area contributed by atoms with Gasteiger partial charge in [0.25, 0.3) is 0 Å². The predicted molar refractivity (Wildman–Crippen MR) is 55.2 cm³/mol. The molecule has 0 aromatic heterocycles. The first-order valence-electron chi connectivity index (χ1n) is 5.05. The summed E-state index contributed by atoms with van der Waals surface area (Å²) in [6.45, 7) is 0. The molecule has 0 spiro atoms. The van der Waals surface area contributed by atoms with Gasteiger partial charge in [0.05, 0.1) is 0 Å². The van der Waals surface area contributed by atoms with Crippen LogP contribution in [0.1, 0.15) is 29.9 Å². The summed E-state index contributed by atoms with van der Waals surface area (Å²) < 4.78 is 0. The molecule has 0 N–H and O–H groups in total. The number of rotatable bonds is 0. The van der Waals surface area contributed by atoms with Gasteiger partial charge < -0.3 is 6.42 Å². The molecule has 0 heterocycles. The predicted octanol–water partition coefficient (Wildman–Crippen LogP) is 3.41. The molecule has 2 atom stereocenters. The van der Waals surface area contributed by atoms with Crippen molar-refractivity contribution in [2.45, 2.75) is 18.8 Å². The Morgan fingerprint density at radius 2 is 2.07 bits per heavy atom. The number of hydrogen-bond acceptors (Lipinski definition) is 0. The van der Waals surface area contributed by atoms with Gasteiger partial charge >= 0.3 is 0 Å². The average molecular weight is 258 g/mol. The Kier molecular flexibility index (Phi) is 3.24. The number of hydrogen-bond donors (Lipinski definition) is 0. The molecule has 1 radical (unpaired) electrons. The zero-order chi connectivity index (χ0) is 8.67. The normalized spacial score (nSPS) is 27.7. The van der Waals surface area contributed by atoms with E-state index in [0.29, 0.717) is 0 Å². The molecule has 14 heavy (non-hydrogen) atoms. The Morgan fingerprint density at radius 3 is 3.00 bits per heavy atom. The van der Waals surface area contributed by atoms with Crippen LogP contribution in [-0.4, -0.2) is 0 Å². The molecule has 0 nitrogen and oxygen atoms in total. The second kappa shape index (κ2) is 4.29. The van der Waals surface area contributed by atoms with E-state index in [1.807, 2.05) is 0 Å². The van der Waals surface area contributed by atoms with Crippen molar-refractivity contribution >= 4 is 6.08 Å². The maximum absolute atomic E-state index is 2.46. The van der Waals surface area contributed by atoms with Crippen LogP contribution in [0.4, 0.5) is 0 Å². The topological polar surface area (TPSA) is 0 Å². The van der Waals surface area contributed by atoms with Gasteiger partial charge in [-0.1, -0.05) is 36.8 Å². The van der Waals surface area contributed by atoms with E-state index in [9.17, 15) is 0 Å². The molecule has 1 aromatic rings. The van der Waals surface area contributed by atoms with Crippen LogP contribution >= 0.6 is 0 Å². The fourth-order valence-corrected chi connectivity index (χ4v) is 2.62. The fraction of sp³-hybridized carbons (Fsp3) is 0.308. The first kappa shape index (κ1) is 10.6. The van der Waals surface area contributed by atoms with E-state index in [1.54, 1.807) is 5.56 Å². The van der Waals surface area contributed by atoms with Gasteiger partial charge in [0.2, 0.25) is 0 Å². The van der Waals surface area contributed by atoms with Crippen LogP contribution in [0.3, 0.4) is 0 Å². The quantitative estimate of drug-likeness (QED) is 0.625. The summed E-state index contributed by atoms with van der Waals surface area (Å²) in [5.74, 6) is 1.50. The Morgan fingerprint density at radius 1 is 1.21 bits per heavy atom. The molecular formula is C13H13Y-. The van der Waals surface area contributed by atoms with E-state index in [1.165, 1.54) is 18.4 Å². The SMILES string of the molecule is C1=CC2[CH-]CCC2c2ccccc21.[Y]. The summed E-state index contributed by atoms with van der Waals surface area (Å²) in [4.78, 5) is 0. The third-order valence-electron chi connectivity index (χ3n) is 3.27. The van der Waals surface area contributed by atoms with E-state index in [2.05, 4.69) is 42.8 Å². The fourth-order valence-electron chi connectivity index (χ4n) is 2.62. The molecule has 2 aliphatic carbocycles. The molecule has 3 rings (SSSR count). The summed E-state index contributed by atoms with van der Waals surface area (Å²) in [5.41, 5.74) is 2.99. The van der Waals surface area contributed by atoms with Crippen LogP contribution in [-0.2, 0) is 32.7 Å². The van der Waals surface area contributed by atoms with Crippen molar-refractivity contribution in [2.24, 2.45) is 5.92 Å². The monoisotopic (exact) mass is 258 g/mol. The number of fused-ring (bicyclic) bond motifs is 3. The standard InChI is InChI=1S/C13H13.Y/c1-2-6-12-10(4-1)8-9-11-5-3-7-13(11)12;/h1-2,4-6,8-9,11,13H,3,7H2;/q-1;. The summed E-state index contributed by atoms with van der Waals surface area (Å²) >= 11 is 0. The second-order valence-corrected chi connectivity index (χ2v) is 3.98. The minimum atomic E-state index is 0. The van der Waals surface area contributed by atoms with Crippen molar-refractivity contribution in [1.82, 2.24) is 0 Å². The first-order chi connectivity index (χ1) is 6.45. The minimum absolute atomic E-state index is 0. The van der Waals surface area contributed by atoms with Gasteiger partial charge in [-0.3, -0.25) is 0 Å². The Balaban J connectivity index is 0.000000750. The van der Waals surface area contributed by atoms with Gasteiger partial charge in [-0.25, -0.2) is 0 Å². The zero-order valence-corrected chi connectivity index (χ0v) is 11.0. The summed E-state index contributed by atoms with van der Waals surface area (Å²) in [5, 5.41) is 0. The molecule has 0 bridgehead atoms. The van der Waals surface area contributed by atoms with E-state index in [-0.39, 0.29) is 32.7 Å². The maximum atomic E-state index is 2.46. The van der Waals surface area contributed by atoms with Crippen LogP contribution in [0.5, 0.6) is 0 Å². The third-order valence-corrected chi connectivity index (χ3v) is 3.27. The Labute approximate surface area is 111 Å². The van der Waals surface area contributed by atoms with Crippen molar-refractivity contribution in [1.29, 1.82) is 0 Å². The van der Waals surface area contributed by atoms with Gasteiger partial charge in [0.15, 0.2) is 0 Å². The molecule has 0 saturated heterocycles. The molecule has 1 heteroatoms. The van der Waals surface area contributed by atoms with E-state index in [4.69, 9.17) is 0 Å². The van der Waals surface area contributed by atoms with Crippen LogP contribution in [0.25, 0.3) is 6.08 Å². The van der Waals surface area contributed by atoms with Crippen LogP contribution in [0.15, 0.2) is 30.3 Å². The largest absolute Gasteiger partial charge is 0.321 e. The Bertz CT molecular complexity index is 354. The third kappa shape index (κ3) is 1.63. The minimum Gasteiger partial charge on any atom is -0.321 e. The van der Waals surface area contributed by atoms with E-state index < -0.39 is 0 Å². The molecular weight excluding hydrogens is 245 g/mol. The van der Waals surface area contributed by atoms with Gasteiger partial charge in [-0.2, -0.15) is 6.42 Å². The Hall–Kier alpha value is 0.0639. The van der Waals surface area contributed by atoms with Crippen molar-refractivity contribution in [3.63, 3.8) is 0 Å². The number of benzene rings is 1. The van der Waals surface area contributed by atoms with Crippen molar-refractivity contribution < 1.29 is 32.7 Å². The molecule has 0 aliphatic heterocycles. The average Bonchev–Trinajstić information content (AvgIpc) is 2.65. The van der Waals surface area contributed by atoms with Gasteiger partial charge in [0.1, 0.15) is 0 Å². The van der Waals surface area contributed by atoms with Crippen molar-refractivity contribution in [3.8, 4) is 0 Å². The summed E-state index contributed by atoms with van der Waals surface area (Å²) in [6, 6.07) is 8.80. The van der Waals surface area contributed by atoms with Crippen LogP contribution in [0.2, 0.25) is 0 Å². The van der Waals surface area contributed by atoms with Gasteiger partial charge in [-0.15, -0.1) is 12.0 Å². The summed E-state index contributed by atoms with van der Waals surface area (Å²) in [6.07, 6.45) is 9.72. The van der Waals surface area contributed by atoms with E-state index in [0.717, 1.165) is 11.8 Å². The molecule has 69 valence electrons. The maximum Gasteiger partial charge on any atom is 0 e. The summed E-state index contributed by atoms with van der Waals surface area (Å²) in [7, 11) is 0. The zero-order valence-electron chi connectivity index (χ0n) is 8.19. The first-order valence-corrected chi connectivity index (χ1v) is 5.05. The molecule has 1 saturated carbocycles. The smallest absolute Gasteiger partial charge is 0 e. The molecule has 0 amide bonds. The van der Waals surface area contributed by atoms with Crippen LogP contribution in [0, 0.1) is 12.3 Å². The second-order valence-electron chi connectivity index (χ2n) is 3.98.